The van der Waals surface area contributed by atoms with Crippen LogP contribution in [0, 0.1) is 5.82 Å². The van der Waals surface area contributed by atoms with E-state index in [2.05, 4.69) is 9.97 Å². The van der Waals surface area contributed by atoms with Gasteiger partial charge in [-0.3, -0.25) is 14.9 Å². The summed E-state index contributed by atoms with van der Waals surface area (Å²) in [5.74, 6) is -2.26. The second-order valence-electron chi connectivity index (χ2n) is 8.30. The Morgan fingerprint density at radius 3 is 2.21 bits per heavy atom. The predicted molar refractivity (Wildman–Crippen MR) is 106 cm³/mol. The number of hydrogen-bond acceptors (Lipinski definition) is 6. The zero-order valence-electron chi connectivity index (χ0n) is 17.1. The summed E-state index contributed by atoms with van der Waals surface area (Å²) >= 11 is 0. The number of rotatable bonds is 2. The maximum absolute atomic E-state index is 14.6. The molecule has 8 nitrogen and oxygen atoms in total. The van der Waals surface area contributed by atoms with Gasteiger partial charge in [-0.1, -0.05) is 0 Å². The molecule has 1 aromatic heterocycles. The summed E-state index contributed by atoms with van der Waals surface area (Å²) in [6.45, 7) is 10.1. The lowest BCUT2D eigenvalue weighted by Gasteiger charge is -2.45. The molecule has 3 rings (SSSR count). The van der Waals surface area contributed by atoms with Crippen molar-refractivity contribution in [1.82, 2.24) is 14.9 Å². The fourth-order valence-corrected chi connectivity index (χ4v) is 3.72. The van der Waals surface area contributed by atoms with Crippen LogP contribution in [0.5, 0.6) is 0 Å². The minimum absolute atomic E-state index is 0.00452. The van der Waals surface area contributed by atoms with Crippen LogP contribution in [0.3, 0.4) is 0 Å². The van der Waals surface area contributed by atoms with Gasteiger partial charge >= 0.3 is 12.1 Å². The number of carboxylic acids is 1. The standard InChI is InChI=1S/C20H25FN4O4/c1-11-9-24(10-12(2)25(11)19(28)29-20(3,4)5)14-8-13(21)15(18(26)27)17-16(14)22-6-7-23-17/h6-8,11-12H,9-10H2,1-5H3,(H,26,27)/t11-,12?/m0/s1. The normalized spacial score (nSPS) is 20.1. The van der Waals surface area contributed by atoms with Gasteiger partial charge in [0, 0.05) is 31.5 Å². The molecule has 2 aromatic rings. The molecular formula is C20H25FN4O4. The smallest absolute Gasteiger partial charge is 0.410 e. The molecule has 1 aromatic carbocycles. The Morgan fingerprint density at radius 1 is 1.14 bits per heavy atom. The summed E-state index contributed by atoms with van der Waals surface area (Å²) in [5.41, 5.74) is -0.320. The Morgan fingerprint density at radius 2 is 1.69 bits per heavy atom. The fourth-order valence-electron chi connectivity index (χ4n) is 3.72. The van der Waals surface area contributed by atoms with Crippen molar-refractivity contribution >= 4 is 28.8 Å². The van der Waals surface area contributed by atoms with Crippen molar-refractivity contribution in [2.75, 3.05) is 18.0 Å². The Hall–Kier alpha value is -2.97. The van der Waals surface area contributed by atoms with Crippen LogP contribution in [0.2, 0.25) is 0 Å². The third kappa shape index (κ3) is 4.08. The van der Waals surface area contributed by atoms with Gasteiger partial charge in [-0.2, -0.15) is 0 Å². The van der Waals surface area contributed by atoms with Crippen LogP contribution < -0.4 is 4.90 Å². The van der Waals surface area contributed by atoms with E-state index in [0.717, 1.165) is 0 Å². The molecule has 9 heteroatoms. The minimum atomic E-state index is -1.39. The van der Waals surface area contributed by atoms with Gasteiger partial charge in [0.15, 0.2) is 0 Å². The zero-order valence-corrected chi connectivity index (χ0v) is 17.1. The molecule has 2 heterocycles. The SMILES string of the molecule is CC1CN(c2cc(F)c(C(=O)O)c3nccnc23)C[C@H](C)N1C(=O)OC(C)(C)C. The molecule has 0 saturated carbocycles. The van der Waals surface area contributed by atoms with Crippen LogP contribution in [-0.2, 0) is 4.74 Å². The lowest BCUT2D eigenvalue weighted by molar-refractivity contribution is 0.00565. The minimum Gasteiger partial charge on any atom is -0.478 e. The maximum Gasteiger partial charge on any atom is 0.410 e. The molecule has 1 unspecified atom stereocenters. The number of nitrogens with zero attached hydrogens (tertiary/aromatic N) is 4. The molecule has 0 aliphatic carbocycles. The quantitative estimate of drug-likeness (QED) is 0.820. The van der Waals surface area contributed by atoms with E-state index in [1.54, 1.807) is 4.90 Å². The van der Waals surface area contributed by atoms with E-state index in [-0.39, 0.29) is 17.6 Å². The van der Waals surface area contributed by atoms with E-state index in [9.17, 15) is 19.1 Å². The Balaban J connectivity index is 1.96. The van der Waals surface area contributed by atoms with Crippen LogP contribution in [0.1, 0.15) is 45.0 Å². The summed E-state index contributed by atoms with van der Waals surface area (Å²) in [6, 6.07) is 0.772. The number of hydrogen-bond donors (Lipinski definition) is 1. The van der Waals surface area contributed by atoms with E-state index < -0.39 is 29.0 Å². The van der Waals surface area contributed by atoms with Gasteiger partial charge in [0.05, 0.1) is 17.8 Å². The number of aromatic carboxylic acids is 1. The summed E-state index contributed by atoms with van der Waals surface area (Å²) in [7, 11) is 0. The van der Waals surface area contributed by atoms with Crippen LogP contribution in [0.25, 0.3) is 11.0 Å². The highest BCUT2D eigenvalue weighted by molar-refractivity contribution is 6.04. The van der Waals surface area contributed by atoms with Crippen molar-refractivity contribution in [1.29, 1.82) is 0 Å². The number of amides is 1. The number of carbonyl (C=O) groups is 2. The van der Waals surface area contributed by atoms with Crippen molar-refractivity contribution in [3.8, 4) is 0 Å². The fraction of sp³-hybridized carbons (Fsp3) is 0.500. The van der Waals surface area contributed by atoms with Crippen LogP contribution in [0.4, 0.5) is 14.9 Å². The van der Waals surface area contributed by atoms with Gasteiger partial charge in [0.1, 0.15) is 28.0 Å². The maximum atomic E-state index is 14.6. The Kier molecular flexibility index (Phi) is 5.34. The first-order valence-electron chi connectivity index (χ1n) is 9.42. The monoisotopic (exact) mass is 404 g/mol. The first-order valence-corrected chi connectivity index (χ1v) is 9.42. The van der Waals surface area contributed by atoms with Crippen molar-refractivity contribution in [2.24, 2.45) is 0 Å². The van der Waals surface area contributed by atoms with Crippen molar-refractivity contribution < 1.29 is 23.8 Å². The summed E-state index contributed by atoms with van der Waals surface area (Å²) in [4.78, 5) is 36.0. The molecule has 0 spiro atoms. The average Bonchev–Trinajstić information content (AvgIpc) is 2.58. The van der Waals surface area contributed by atoms with Crippen LogP contribution in [-0.4, -0.2) is 62.8 Å². The number of piperazine rings is 1. The van der Waals surface area contributed by atoms with E-state index in [4.69, 9.17) is 4.74 Å². The summed E-state index contributed by atoms with van der Waals surface area (Å²) < 4.78 is 20.1. The molecule has 1 aliphatic rings. The lowest BCUT2D eigenvalue weighted by Crippen LogP contribution is -2.59. The second-order valence-corrected chi connectivity index (χ2v) is 8.30. The highest BCUT2D eigenvalue weighted by atomic mass is 19.1. The second kappa shape index (κ2) is 7.46. The number of benzene rings is 1. The van der Waals surface area contributed by atoms with E-state index in [1.807, 2.05) is 39.5 Å². The summed E-state index contributed by atoms with van der Waals surface area (Å²) in [5, 5.41) is 9.36. The predicted octanol–water partition coefficient (Wildman–Crippen LogP) is 3.30. The van der Waals surface area contributed by atoms with Gasteiger partial charge in [-0.15, -0.1) is 0 Å². The topological polar surface area (TPSA) is 95.9 Å². The molecule has 1 saturated heterocycles. The molecule has 1 aliphatic heterocycles. The molecular weight excluding hydrogens is 379 g/mol. The number of ether oxygens (including phenoxy) is 1. The molecule has 2 atom stereocenters. The van der Waals surface area contributed by atoms with Gasteiger partial charge in [0.25, 0.3) is 0 Å². The first kappa shape index (κ1) is 20.8. The third-order valence-electron chi connectivity index (χ3n) is 4.76. The molecule has 156 valence electrons. The average molecular weight is 404 g/mol. The Bertz CT molecular complexity index is 947. The van der Waals surface area contributed by atoms with Crippen LogP contribution in [0.15, 0.2) is 18.5 Å². The number of anilines is 1. The van der Waals surface area contributed by atoms with E-state index >= 15 is 0 Å². The third-order valence-corrected chi connectivity index (χ3v) is 4.76. The van der Waals surface area contributed by atoms with Gasteiger partial charge < -0.3 is 14.7 Å². The van der Waals surface area contributed by atoms with E-state index in [1.165, 1.54) is 18.5 Å². The largest absolute Gasteiger partial charge is 0.478 e. The molecule has 0 radical (unpaired) electrons. The highest BCUT2D eigenvalue weighted by Gasteiger charge is 2.36. The number of carboxylic acid groups (broad SMARTS) is 1. The number of fused-ring (bicyclic) bond motifs is 1. The molecule has 1 amide bonds. The molecule has 0 bridgehead atoms. The van der Waals surface area contributed by atoms with Crippen molar-refractivity contribution in [3.05, 3.63) is 29.8 Å². The first-order chi connectivity index (χ1) is 13.5. The number of carbonyl (C=O) groups excluding carboxylic acids is 1. The molecule has 1 N–H and O–H groups in total. The van der Waals surface area contributed by atoms with Gasteiger partial charge in [-0.05, 0) is 34.6 Å². The van der Waals surface area contributed by atoms with Crippen molar-refractivity contribution in [2.45, 2.75) is 52.3 Å². The lowest BCUT2D eigenvalue weighted by atomic mass is 10.1. The number of halogens is 1. The van der Waals surface area contributed by atoms with Gasteiger partial charge in [-0.25, -0.2) is 14.0 Å². The van der Waals surface area contributed by atoms with Crippen molar-refractivity contribution in [3.63, 3.8) is 0 Å². The van der Waals surface area contributed by atoms with Gasteiger partial charge in [0.2, 0.25) is 0 Å². The Labute approximate surface area is 168 Å². The number of aromatic nitrogens is 2. The van der Waals surface area contributed by atoms with E-state index in [0.29, 0.717) is 24.3 Å². The molecule has 1 fully saturated rings. The zero-order chi connectivity index (χ0) is 21.5. The highest BCUT2D eigenvalue weighted by Crippen LogP contribution is 2.32. The van der Waals surface area contributed by atoms with Crippen LogP contribution >= 0.6 is 0 Å². The summed E-state index contributed by atoms with van der Waals surface area (Å²) in [6.07, 6.45) is 2.39. The molecule has 29 heavy (non-hydrogen) atoms.